The minimum atomic E-state index is -0.610. The third kappa shape index (κ3) is 2.84. The Morgan fingerprint density at radius 1 is 1.35 bits per heavy atom. The van der Waals surface area contributed by atoms with Crippen LogP contribution in [0, 0.1) is 17.8 Å². The normalized spacial score (nSPS) is 32.9. The van der Waals surface area contributed by atoms with Crippen LogP contribution in [-0.2, 0) is 14.3 Å². The average molecular weight is 258 g/mol. The lowest BCUT2D eigenvalue weighted by Crippen LogP contribution is -2.24. The van der Waals surface area contributed by atoms with Crippen LogP contribution in [0.15, 0.2) is 0 Å². The van der Waals surface area contributed by atoms with E-state index in [4.69, 9.17) is 4.74 Å². The molecule has 0 spiro atoms. The molecule has 2 saturated carbocycles. The SMILES string of the molecule is CS(C)(C)CCOC(=O)C1C2CCC1C(=O)C2. The Morgan fingerprint density at radius 2 is 2.06 bits per heavy atom. The van der Waals surface area contributed by atoms with Crippen molar-refractivity contribution in [3.63, 3.8) is 0 Å². The zero-order valence-electron chi connectivity index (χ0n) is 10.9. The summed E-state index contributed by atoms with van der Waals surface area (Å²) >= 11 is 0. The lowest BCUT2D eigenvalue weighted by Gasteiger charge is -2.25. The van der Waals surface area contributed by atoms with Gasteiger partial charge < -0.3 is 4.74 Å². The van der Waals surface area contributed by atoms with E-state index in [1.165, 1.54) is 0 Å². The number of ether oxygens (including phenoxy) is 1. The van der Waals surface area contributed by atoms with Crippen LogP contribution in [0.5, 0.6) is 0 Å². The van der Waals surface area contributed by atoms with Crippen molar-refractivity contribution < 1.29 is 14.3 Å². The van der Waals surface area contributed by atoms with Gasteiger partial charge in [0.15, 0.2) is 0 Å². The molecule has 4 heteroatoms. The van der Waals surface area contributed by atoms with E-state index in [2.05, 4.69) is 18.8 Å². The molecule has 0 aromatic rings. The van der Waals surface area contributed by atoms with Gasteiger partial charge in [0.05, 0.1) is 12.5 Å². The molecule has 3 unspecified atom stereocenters. The van der Waals surface area contributed by atoms with Gasteiger partial charge in [-0.2, -0.15) is 0 Å². The van der Waals surface area contributed by atoms with Crippen LogP contribution in [0.4, 0.5) is 0 Å². The molecular formula is C13H22O3S. The number of carbonyl (C=O) groups excluding carboxylic acids is 2. The van der Waals surface area contributed by atoms with Gasteiger partial charge >= 0.3 is 5.97 Å². The summed E-state index contributed by atoms with van der Waals surface area (Å²) in [6.45, 7) is 0.516. The van der Waals surface area contributed by atoms with E-state index in [1.807, 2.05) is 0 Å². The van der Waals surface area contributed by atoms with Gasteiger partial charge in [0.2, 0.25) is 0 Å². The Labute approximate surface area is 105 Å². The highest BCUT2D eigenvalue weighted by Crippen LogP contribution is 2.47. The fourth-order valence-electron chi connectivity index (χ4n) is 2.93. The van der Waals surface area contributed by atoms with Crippen molar-refractivity contribution in [1.82, 2.24) is 0 Å². The average Bonchev–Trinajstić information content (AvgIpc) is 2.71. The van der Waals surface area contributed by atoms with Crippen LogP contribution < -0.4 is 0 Å². The molecular weight excluding hydrogens is 236 g/mol. The minimum absolute atomic E-state index is 0.0190. The van der Waals surface area contributed by atoms with E-state index >= 15 is 0 Å². The third-order valence-corrected chi connectivity index (χ3v) is 5.27. The van der Waals surface area contributed by atoms with E-state index in [0.29, 0.717) is 13.0 Å². The van der Waals surface area contributed by atoms with Gasteiger partial charge in [0.1, 0.15) is 5.78 Å². The number of Topliss-reactive ketones (excluding diaryl/α,β-unsaturated/α-hetero) is 1. The Kier molecular flexibility index (Phi) is 3.53. The van der Waals surface area contributed by atoms with Gasteiger partial charge in [-0.3, -0.25) is 9.59 Å². The topological polar surface area (TPSA) is 43.4 Å². The van der Waals surface area contributed by atoms with E-state index in [0.717, 1.165) is 18.6 Å². The molecule has 98 valence electrons. The van der Waals surface area contributed by atoms with Crippen molar-refractivity contribution in [1.29, 1.82) is 0 Å². The molecule has 2 aliphatic rings. The molecule has 2 rings (SSSR count). The lowest BCUT2D eigenvalue weighted by atomic mass is 9.98. The number of rotatable bonds is 4. The number of hydrogen-bond donors (Lipinski definition) is 0. The summed E-state index contributed by atoms with van der Waals surface area (Å²) in [6, 6.07) is 0. The molecule has 0 aliphatic heterocycles. The van der Waals surface area contributed by atoms with Gasteiger partial charge in [-0.15, -0.1) is 0 Å². The largest absolute Gasteiger partial charge is 0.465 e. The molecule has 2 bridgehead atoms. The molecule has 2 aliphatic carbocycles. The maximum atomic E-state index is 12.0. The van der Waals surface area contributed by atoms with Gasteiger partial charge in [0.25, 0.3) is 0 Å². The predicted molar refractivity (Wildman–Crippen MR) is 70.5 cm³/mol. The number of fused-ring (bicyclic) bond motifs is 2. The van der Waals surface area contributed by atoms with Crippen LogP contribution in [0.3, 0.4) is 0 Å². The summed E-state index contributed by atoms with van der Waals surface area (Å²) < 4.78 is 5.36. The van der Waals surface area contributed by atoms with Crippen LogP contribution in [0.2, 0.25) is 0 Å². The van der Waals surface area contributed by atoms with Crippen LogP contribution in [0.1, 0.15) is 19.3 Å². The fourth-order valence-corrected chi connectivity index (χ4v) is 3.51. The van der Waals surface area contributed by atoms with E-state index < -0.39 is 10.0 Å². The number of carbonyl (C=O) groups is 2. The zero-order valence-corrected chi connectivity index (χ0v) is 11.7. The van der Waals surface area contributed by atoms with Crippen molar-refractivity contribution >= 4 is 21.8 Å². The standard InChI is InChI=1S/C13H22O3S/c1-17(2,3)7-6-16-13(15)12-9-4-5-10(12)11(14)8-9/h9-10,12H,4-8H2,1-3H3. The van der Waals surface area contributed by atoms with Crippen LogP contribution >= 0.6 is 10.0 Å². The van der Waals surface area contributed by atoms with Gasteiger partial charge in [-0.1, -0.05) is 0 Å². The van der Waals surface area contributed by atoms with Crippen LogP contribution in [0.25, 0.3) is 0 Å². The third-order valence-electron chi connectivity index (χ3n) is 3.88. The summed E-state index contributed by atoms with van der Waals surface area (Å²) in [4.78, 5) is 23.6. The summed E-state index contributed by atoms with van der Waals surface area (Å²) in [5, 5.41) is 0. The molecule has 3 atom stereocenters. The second kappa shape index (κ2) is 4.63. The summed E-state index contributed by atoms with van der Waals surface area (Å²) in [5.41, 5.74) is 0. The molecule has 0 N–H and O–H groups in total. The molecule has 0 aromatic carbocycles. The lowest BCUT2D eigenvalue weighted by molar-refractivity contribution is -0.150. The highest BCUT2D eigenvalue weighted by Gasteiger charge is 2.51. The van der Waals surface area contributed by atoms with Crippen molar-refractivity contribution in [2.24, 2.45) is 17.8 Å². The Hall–Kier alpha value is -0.510. The number of esters is 1. The van der Waals surface area contributed by atoms with E-state index in [9.17, 15) is 9.59 Å². The summed E-state index contributed by atoms with van der Waals surface area (Å²) in [6.07, 6.45) is 9.17. The molecule has 2 fully saturated rings. The van der Waals surface area contributed by atoms with Gasteiger partial charge in [0, 0.05) is 18.1 Å². The summed E-state index contributed by atoms with van der Waals surface area (Å²) in [7, 11) is -0.610. The van der Waals surface area contributed by atoms with Crippen molar-refractivity contribution in [2.75, 3.05) is 31.1 Å². The first kappa shape index (κ1) is 12.9. The monoisotopic (exact) mass is 258 g/mol. The van der Waals surface area contributed by atoms with Gasteiger partial charge in [-0.25, -0.2) is 10.0 Å². The van der Waals surface area contributed by atoms with E-state index in [1.54, 1.807) is 0 Å². The highest BCUT2D eigenvalue weighted by molar-refractivity contribution is 8.32. The van der Waals surface area contributed by atoms with Crippen molar-refractivity contribution in [2.45, 2.75) is 19.3 Å². The molecule has 0 amide bonds. The Morgan fingerprint density at radius 3 is 2.53 bits per heavy atom. The smallest absolute Gasteiger partial charge is 0.309 e. The zero-order chi connectivity index (χ0) is 12.6. The number of ketones is 1. The maximum Gasteiger partial charge on any atom is 0.309 e. The molecule has 0 aromatic heterocycles. The maximum absolute atomic E-state index is 12.0. The first-order valence-electron chi connectivity index (χ1n) is 6.24. The van der Waals surface area contributed by atoms with Crippen molar-refractivity contribution in [3.8, 4) is 0 Å². The first-order valence-corrected chi connectivity index (χ1v) is 9.26. The molecule has 0 saturated heterocycles. The second-order valence-corrected chi connectivity index (χ2v) is 10.7. The first-order chi connectivity index (χ1) is 7.88. The van der Waals surface area contributed by atoms with Crippen LogP contribution in [-0.4, -0.2) is 42.9 Å². The van der Waals surface area contributed by atoms with Crippen molar-refractivity contribution in [3.05, 3.63) is 0 Å². The van der Waals surface area contributed by atoms with E-state index in [-0.39, 0.29) is 29.5 Å². The second-order valence-electron chi connectivity index (χ2n) is 6.10. The summed E-state index contributed by atoms with van der Waals surface area (Å²) in [5.74, 6) is 1.26. The molecule has 3 nitrogen and oxygen atoms in total. The minimum Gasteiger partial charge on any atom is -0.465 e. The molecule has 17 heavy (non-hydrogen) atoms. The number of hydrogen-bond acceptors (Lipinski definition) is 3. The molecule has 0 radical (unpaired) electrons. The fraction of sp³-hybridized carbons (Fsp3) is 0.846. The molecule has 0 heterocycles. The predicted octanol–water partition coefficient (Wildman–Crippen LogP) is 1.84. The highest BCUT2D eigenvalue weighted by atomic mass is 32.3. The van der Waals surface area contributed by atoms with Gasteiger partial charge in [-0.05, 0) is 37.5 Å². The Bertz CT molecular complexity index is 332. The Balaban J connectivity index is 1.83. The quantitative estimate of drug-likeness (QED) is 0.723.